The molecule has 0 spiro atoms. The first kappa shape index (κ1) is 14.5. The molecule has 0 aliphatic heterocycles. The number of pyridine rings is 1. The van der Waals surface area contributed by atoms with Crippen LogP contribution in [-0.2, 0) is 26.0 Å². The maximum Gasteiger partial charge on any atom is 0.218 e. The van der Waals surface area contributed by atoms with Crippen molar-refractivity contribution in [2.75, 3.05) is 0 Å². The number of benzene rings is 1. The third-order valence-corrected chi connectivity index (χ3v) is 4.32. The van der Waals surface area contributed by atoms with Gasteiger partial charge in [0.25, 0.3) is 0 Å². The van der Waals surface area contributed by atoms with Gasteiger partial charge in [-0.1, -0.05) is 28.1 Å². The molecule has 0 fully saturated rings. The van der Waals surface area contributed by atoms with E-state index in [9.17, 15) is 0 Å². The van der Waals surface area contributed by atoms with Gasteiger partial charge in [-0.25, -0.2) is 4.98 Å². The molecule has 0 atom stereocenters. The molecular formula is C17H19BrN2O. The quantitative estimate of drug-likeness (QED) is 0.916. The van der Waals surface area contributed by atoms with Gasteiger partial charge in [0.05, 0.1) is 0 Å². The molecule has 1 aliphatic carbocycles. The Bertz CT molecular complexity index is 643. The molecule has 0 unspecified atom stereocenters. The highest BCUT2D eigenvalue weighted by Gasteiger charge is 2.15. The molecule has 1 aliphatic rings. The molecule has 21 heavy (non-hydrogen) atoms. The van der Waals surface area contributed by atoms with Crippen molar-refractivity contribution in [1.82, 2.24) is 4.98 Å². The highest BCUT2D eigenvalue weighted by molar-refractivity contribution is 9.10. The van der Waals surface area contributed by atoms with Crippen LogP contribution in [0.25, 0.3) is 0 Å². The molecule has 0 bridgehead atoms. The number of rotatable bonds is 4. The van der Waals surface area contributed by atoms with Gasteiger partial charge < -0.3 is 10.5 Å². The first-order valence-corrected chi connectivity index (χ1v) is 8.14. The number of aryl methyl sites for hydroxylation is 2. The van der Waals surface area contributed by atoms with E-state index in [-0.39, 0.29) is 0 Å². The second-order valence-electron chi connectivity index (χ2n) is 5.39. The van der Waals surface area contributed by atoms with Crippen LogP contribution in [-0.4, -0.2) is 4.98 Å². The summed E-state index contributed by atoms with van der Waals surface area (Å²) in [4.78, 5) is 4.71. The summed E-state index contributed by atoms with van der Waals surface area (Å²) in [7, 11) is 0. The van der Waals surface area contributed by atoms with E-state index in [0.717, 1.165) is 28.4 Å². The monoisotopic (exact) mass is 346 g/mol. The second kappa shape index (κ2) is 6.58. The highest BCUT2D eigenvalue weighted by Crippen LogP contribution is 2.26. The minimum absolute atomic E-state index is 0.466. The number of ether oxygens (including phenoxy) is 1. The zero-order valence-electron chi connectivity index (χ0n) is 11.9. The minimum Gasteiger partial charge on any atom is -0.473 e. The normalized spacial score (nSPS) is 13.8. The Morgan fingerprint density at radius 1 is 1.19 bits per heavy atom. The van der Waals surface area contributed by atoms with Gasteiger partial charge in [-0.05, 0) is 55.0 Å². The average Bonchev–Trinajstić information content (AvgIpc) is 2.52. The van der Waals surface area contributed by atoms with Crippen LogP contribution in [0.1, 0.15) is 35.2 Å². The highest BCUT2D eigenvalue weighted by atomic mass is 79.9. The van der Waals surface area contributed by atoms with Crippen molar-refractivity contribution in [3.05, 3.63) is 57.2 Å². The fourth-order valence-electron chi connectivity index (χ4n) is 2.71. The van der Waals surface area contributed by atoms with Crippen LogP contribution in [0.2, 0.25) is 0 Å². The fourth-order valence-corrected chi connectivity index (χ4v) is 3.16. The standard InChI is InChI=1S/C17H19BrN2O/c18-15-6-3-4-12(8-15)11-21-17-14(10-19)9-13-5-1-2-7-16(13)20-17/h3-4,6,8-9H,1-2,5,7,10-11,19H2. The van der Waals surface area contributed by atoms with Gasteiger partial charge in [0, 0.05) is 22.3 Å². The van der Waals surface area contributed by atoms with Gasteiger partial charge >= 0.3 is 0 Å². The van der Waals surface area contributed by atoms with Crippen molar-refractivity contribution in [1.29, 1.82) is 0 Å². The maximum atomic E-state index is 5.92. The van der Waals surface area contributed by atoms with E-state index < -0.39 is 0 Å². The molecule has 3 rings (SSSR count). The molecule has 0 amide bonds. The van der Waals surface area contributed by atoms with E-state index in [2.05, 4.69) is 28.1 Å². The topological polar surface area (TPSA) is 48.1 Å². The lowest BCUT2D eigenvalue weighted by molar-refractivity contribution is 0.289. The van der Waals surface area contributed by atoms with Crippen LogP contribution < -0.4 is 10.5 Å². The van der Waals surface area contributed by atoms with E-state index in [1.165, 1.54) is 24.1 Å². The van der Waals surface area contributed by atoms with Crippen molar-refractivity contribution in [2.24, 2.45) is 5.73 Å². The zero-order chi connectivity index (χ0) is 14.7. The summed E-state index contributed by atoms with van der Waals surface area (Å²) < 4.78 is 6.98. The molecule has 1 aromatic carbocycles. The van der Waals surface area contributed by atoms with Gasteiger partial charge in [-0.15, -0.1) is 0 Å². The van der Waals surface area contributed by atoms with Crippen molar-refractivity contribution in [3.8, 4) is 5.88 Å². The van der Waals surface area contributed by atoms with Crippen LogP contribution in [0.15, 0.2) is 34.8 Å². The number of hydrogen-bond acceptors (Lipinski definition) is 3. The van der Waals surface area contributed by atoms with Crippen LogP contribution in [0.3, 0.4) is 0 Å². The van der Waals surface area contributed by atoms with E-state index >= 15 is 0 Å². The lowest BCUT2D eigenvalue weighted by atomic mass is 9.95. The van der Waals surface area contributed by atoms with E-state index in [1.807, 2.05) is 18.2 Å². The predicted octanol–water partition coefficient (Wildman–Crippen LogP) is 3.76. The number of fused-ring (bicyclic) bond motifs is 1. The summed E-state index contributed by atoms with van der Waals surface area (Å²) in [6, 6.07) is 10.3. The molecule has 110 valence electrons. The van der Waals surface area contributed by atoms with Crippen molar-refractivity contribution in [3.63, 3.8) is 0 Å². The molecule has 1 heterocycles. The van der Waals surface area contributed by atoms with Gasteiger partial charge in [-0.3, -0.25) is 0 Å². The lowest BCUT2D eigenvalue weighted by Crippen LogP contribution is -2.11. The smallest absolute Gasteiger partial charge is 0.218 e. The summed E-state index contributed by atoms with van der Waals surface area (Å²) in [6.45, 7) is 0.978. The van der Waals surface area contributed by atoms with E-state index in [4.69, 9.17) is 15.5 Å². The Kier molecular flexibility index (Phi) is 4.56. The Balaban J connectivity index is 1.81. The molecule has 0 saturated heterocycles. The summed E-state index contributed by atoms with van der Waals surface area (Å²) in [5, 5.41) is 0. The van der Waals surface area contributed by atoms with E-state index in [1.54, 1.807) is 0 Å². The Morgan fingerprint density at radius 3 is 2.86 bits per heavy atom. The summed E-state index contributed by atoms with van der Waals surface area (Å²) >= 11 is 3.47. The number of hydrogen-bond donors (Lipinski definition) is 1. The Labute approximate surface area is 133 Å². The lowest BCUT2D eigenvalue weighted by Gasteiger charge is -2.18. The van der Waals surface area contributed by atoms with Crippen LogP contribution in [0.4, 0.5) is 0 Å². The summed E-state index contributed by atoms with van der Waals surface area (Å²) in [5.74, 6) is 0.693. The molecular weight excluding hydrogens is 328 g/mol. The molecule has 0 saturated carbocycles. The maximum absolute atomic E-state index is 5.92. The molecule has 1 aromatic heterocycles. The Hall–Kier alpha value is -1.39. The number of nitrogens with zero attached hydrogens (tertiary/aromatic N) is 1. The average molecular weight is 347 g/mol. The minimum atomic E-state index is 0.466. The van der Waals surface area contributed by atoms with Gasteiger partial charge in [0.1, 0.15) is 6.61 Å². The van der Waals surface area contributed by atoms with Gasteiger partial charge in [0.2, 0.25) is 5.88 Å². The summed E-state index contributed by atoms with van der Waals surface area (Å²) in [6.07, 6.45) is 4.62. The van der Waals surface area contributed by atoms with Crippen LogP contribution in [0, 0.1) is 0 Å². The molecule has 2 aromatic rings. The van der Waals surface area contributed by atoms with Gasteiger partial charge in [-0.2, -0.15) is 0 Å². The molecule has 4 heteroatoms. The fraction of sp³-hybridized carbons (Fsp3) is 0.353. The van der Waals surface area contributed by atoms with E-state index in [0.29, 0.717) is 19.0 Å². The first-order valence-electron chi connectivity index (χ1n) is 7.35. The second-order valence-corrected chi connectivity index (χ2v) is 6.30. The number of halogens is 1. The van der Waals surface area contributed by atoms with Crippen LogP contribution in [0.5, 0.6) is 5.88 Å². The first-order chi connectivity index (χ1) is 10.3. The third kappa shape index (κ3) is 3.44. The van der Waals surface area contributed by atoms with Crippen molar-refractivity contribution >= 4 is 15.9 Å². The zero-order valence-corrected chi connectivity index (χ0v) is 13.5. The largest absolute Gasteiger partial charge is 0.473 e. The third-order valence-electron chi connectivity index (χ3n) is 3.82. The van der Waals surface area contributed by atoms with Gasteiger partial charge in [0.15, 0.2) is 0 Å². The van der Waals surface area contributed by atoms with Crippen molar-refractivity contribution in [2.45, 2.75) is 38.8 Å². The van der Waals surface area contributed by atoms with Crippen LogP contribution >= 0.6 is 15.9 Å². The molecule has 3 nitrogen and oxygen atoms in total. The number of nitrogens with two attached hydrogens (primary N) is 1. The summed E-state index contributed by atoms with van der Waals surface area (Å²) in [5.41, 5.74) is 10.5. The van der Waals surface area contributed by atoms with Crippen molar-refractivity contribution < 1.29 is 4.74 Å². The predicted molar refractivity (Wildman–Crippen MR) is 87.2 cm³/mol. The molecule has 2 N–H and O–H groups in total. The number of aromatic nitrogens is 1. The molecule has 0 radical (unpaired) electrons. The Morgan fingerprint density at radius 2 is 2.05 bits per heavy atom. The SMILES string of the molecule is NCc1cc2c(nc1OCc1cccc(Br)c1)CCCC2.